The van der Waals surface area contributed by atoms with E-state index in [1.165, 1.54) is 12.1 Å². The van der Waals surface area contributed by atoms with Gasteiger partial charge in [-0.3, -0.25) is 0 Å². The monoisotopic (exact) mass is 338 g/mol. The number of phenols is 1. The number of phenolic OH excluding ortho intramolecular Hbond substituents is 1. The number of esters is 1. The van der Waals surface area contributed by atoms with Crippen LogP contribution in [0.25, 0.3) is 11.0 Å². The van der Waals surface area contributed by atoms with Crippen LogP contribution in [0.1, 0.15) is 32.6 Å². The molecular weight excluding hydrogens is 320 g/mol. The van der Waals surface area contributed by atoms with Gasteiger partial charge in [-0.1, -0.05) is 6.07 Å². The number of ether oxygens (including phenoxy) is 1. The molecule has 0 amide bonds. The minimum atomic E-state index is -0.557. The maximum Gasteiger partial charge on any atom is 0.338 e. The van der Waals surface area contributed by atoms with Crippen molar-refractivity contribution in [3.8, 4) is 5.75 Å². The van der Waals surface area contributed by atoms with Crippen LogP contribution in [-0.4, -0.2) is 11.1 Å². The van der Waals surface area contributed by atoms with Crippen molar-refractivity contribution in [3.63, 3.8) is 0 Å². The minimum Gasteiger partial charge on any atom is -0.508 e. The van der Waals surface area contributed by atoms with E-state index in [2.05, 4.69) is 0 Å². The number of hydrogen-bond acceptors (Lipinski definition) is 5. The predicted octanol–water partition coefficient (Wildman–Crippen LogP) is 3.78. The Morgan fingerprint density at radius 3 is 2.56 bits per heavy atom. The molecule has 0 fully saturated rings. The molecule has 1 aromatic heterocycles. The second-order valence-corrected chi connectivity index (χ2v) is 6.05. The standard InChI is InChI=1S/C20H18O5/c1-11-4-5-14(8-12(11)2)20(23)24-10-15-9-18(22)25-19-13(3)17(21)7-6-16(15)19/h4-9,21H,10H2,1-3H3. The molecule has 0 aliphatic heterocycles. The Morgan fingerprint density at radius 1 is 1.08 bits per heavy atom. The molecule has 3 aromatic rings. The number of aryl methyl sites for hydroxylation is 3. The topological polar surface area (TPSA) is 76.7 Å². The molecule has 2 aromatic carbocycles. The van der Waals surface area contributed by atoms with Crippen molar-refractivity contribution < 1.29 is 19.1 Å². The Hall–Kier alpha value is -3.08. The second kappa shape index (κ2) is 6.43. The number of benzene rings is 2. The third kappa shape index (κ3) is 3.26. The summed E-state index contributed by atoms with van der Waals surface area (Å²) in [6.45, 7) is 5.50. The molecule has 1 heterocycles. The third-order valence-corrected chi connectivity index (χ3v) is 4.32. The zero-order valence-electron chi connectivity index (χ0n) is 14.3. The van der Waals surface area contributed by atoms with E-state index in [9.17, 15) is 14.7 Å². The van der Waals surface area contributed by atoms with Gasteiger partial charge in [0.15, 0.2) is 0 Å². The van der Waals surface area contributed by atoms with Gasteiger partial charge in [0.2, 0.25) is 0 Å². The second-order valence-electron chi connectivity index (χ2n) is 6.05. The van der Waals surface area contributed by atoms with Gasteiger partial charge >= 0.3 is 11.6 Å². The number of rotatable bonds is 3. The first-order valence-corrected chi connectivity index (χ1v) is 7.86. The van der Waals surface area contributed by atoms with Crippen LogP contribution >= 0.6 is 0 Å². The Bertz CT molecular complexity index is 1030. The van der Waals surface area contributed by atoms with Crippen LogP contribution in [0.3, 0.4) is 0 Å². The molecule has 0 aliphatic carbocycles. The van der Waals surface area contributed by atoms with Crippen LogP contribution in [-0.2, 0) is 11.3 Å². The van der Waals surface area contributed by atoms with Gasteiger partial charge < -0.3 is 14.3 Å². The Balaban J connectivity index is 1.90. The molecule has 0 radical (unpaired) electrons. The van der Waals surface area contributed by atoms with Crippen LogP contribution < -0.4 is 5.63 Å². The average Bonchev–Trinajstić information content (AvgIpc) is 2.58. The van der Waals surface area contributed by atoms with Gasteiger partial charge in [0, 0.05) is 22.6 Å². The van der Waals surface area contributed by atoms with Crippen molar-refractivity contribution in [3.05, 3.63) is 74.6 Å². The van der Waals surface area contributed by atoms with Gasteiger partial charge in [0.25, 0.3) is 0 Å². The van der Waals surface area contributed by atoms with Crippen molar-refractivity contribution in [2.24, 2.45) is 0 Å². The van der Waals surface area contributed by atoms with Gasteiger partial charge in [0.05, 0.1) is 5.56 Å². The number of carbonyl (C=O) groups excluding carboxylic acids is 1. The van der Waals surface area contributed by atoms with Gasteiger partial charge in [-0.05, 0) is 56.2 Å². The summed E-state index contributed by atoms with van der Waals surface area (Å²) >= 11 is 0. The van der Waals surface area contributed by atoms with E-state index in [0.717, 1.165) is 11.1 Å². The van der Waals surface area contributed by atoms with Crippen molar-refractivity contribution >= 4 is 16.9 Å². The van der Waals surface area contributed by atoms with Crippen LogP contribution in [0.5, 0.6) is 5.75 Å². The van der Waals surface area contributed by atoms with Gasteiger partial charge in [-0.25, -0.2) is 9.59 Å². The van der Waals surface area contributed by atoms with E-state index >= 15 is 0 Å². The molecule has 25 heavy (non-hydrogen) atoms. The van der Waals surface area contributed by atoms with Crippen molar-refractivity contribution in [2.75, 3.05) is 0 Å². The van der Waals surface area contributed by atoms with Crippen molar-refractivity contribution in [1.29, 1.82) is 0 Å². The van der Waals surface area contributed by atoms with E-state index in [4.69, 9.17) is 9.15 Å². The fourth-order valence-corrected chi connectivity index (χ4v) is 2.63. The Kier molecular flexibility index (Phi) is 4.31. The van der Waals surface area contributed by atoms with Crippen LogP contribution in [0.15, 0.2) is 45.6 Å². The summed E-state index contributed by atoms with van der Waals surface area (Å²) in [6, 6.07) is 9.81. The van der Waals surface area contributed by atoms with E-state index in [0.29, 0.717) is 27.7 Å². The largest absolute Gasteiger partial charge is 0.508 e. The lowest BCUT2D eigenvalue weighted by molar-refractivity contribution is 0.0473. The highest BCUT2D eigenvalue weighted by Gasteiger charge is 2.13. The lowest BCUT2D eigenvalue weighted by atomic mass is 10.1. The van der Waals surface area contributed by atoms with Gasteiger partial charge in [-0.2, -0.15) is 0 Å². The maximum atomic E-state index is 12.3. The summed E-state index contributed by atoms with van der Waals surface area (Å²) in [4.78, 5) is 24.0. The summed E-state index contributed by atoms with van der Waals surface area (Å²) in [5, 5.41) is 10.4. The molecule has 5 nitrogen and oxygen atoms in total. The first-order valence-electron chi connectivity index (χ1n) is 7.86. The lowest BCUT2D eigenvalue weighted by Crippen LogP contribution is -2.08. The van der Waals surface area contributed by atoms with E-state index < -0.39 is 11.6 Å². The van der Waals surface area contributed by atoms with Gasteiger partial charge in [0.1, 0.15) is 17.9 Å². The summed E-state index contributed by atoms with van der Waals surface area (Å²) in [6.07, 6.45) is 0. The average molecular weight is 338 g/mol. The predicted molar refractivity (Wildman–Crippen MR) is 93.9 cm³/mol. The molecule has 3 rings (SSSR count). The molecule has 128 valence electrons. The molecule has 0 spiro atoms. The van der Waals surface area contributed by atoms with E-state index in [1.54, 1.807) is 25.1 Å². The number of aromatic hydroxyl groups is 1. The molecule has 0 bridgehead atoms. The lowest BCUT2D eigenvalue weighted by Gasteiger charge is -2.10. The number of carbonyl (C=O) groups is 1. The van der Waals surface area contributed by atoms with E-state index in [1.807, 2.05) is 19.9 Å². The molecule has 1 N–H and O–H groups in total. The first-order chi connectivity index (χ1) is 11.9. The molecule has 5 heteroatoms. The summed E-state index contributed by atoms with van der Waals surface area (Å²) in [5.74, 6) is -0.417. The zero-order valence-corrected chi connectivity index (χ0v) is 14.3. The minimum absolute atomic E-state index is 0.0416. The molecule has 0 aliphatic rings. The van der Waals surface area contributed by atoms with E-state index in [-0.39, 0.29) is 12.4 Å². The highest BCUT2D eigenvalue weighted by atomic mass is 16.5. The molecule has 0 unspecified atom stereocenters. The molecular formula is C20H18O5. The van der Waals surface area contributed by atoms with Crippen molar-refractivity contribution in [1.82, 2.24) is 0 Å². The Labute approximate surface area is 144 Å². The molecule has 0 atom stereocenters. The van der Waals surface area contributed by atoms with Crippen LogP contribution in [0, 0.1) is 20.8 Å². The zero-order chi connectivity index (χ0) is 18.1. The quantitative estimate of drug-likeness (QED) is 0.581. The summed E-state index contributed by atoms with van der Waals surface area (Å²) < 4.78 is 10.5. The normalized spacial score (nSPS) is 10.8. The molecule has 0 saturated heterocycles. The SMILES string of the molecule is Cc1ccc(C(=O)OCc2cc(=O)oc3c(C)c(O)ccc23)cc1C. The van der Waals surface area contributed by atoms with Crippen molar-refractivity contribution in [2.45, 2.75) is 27.4 Å². The highest BCUT2D eigenvalue weighted by Crippen LogP contribution is 2.27. The number of hydrogen-bond donors (Lipinski definition) is 1. The number of fused-ring (bicyclic) bond motifs is 1. The smallest absolute Gasteiger partial charge is 0.338 e. The fourth-order valence-electron chi connectivity index (χ4n) is 2.63. The van der Waals surface area contributed by atoms with Crippen LogP contribution in [0.4, 0.5) is 0 Å². The third-order valence-electron chi connectivity index (χ3n) is 4.32. The first kappa shape index (κ1) is 16.8. The molecule has 0 saturated carbocycles. The summed E-state index contributed by atoms with van der Waals surface area (Å²) in [5.41, 5.74) is 3.31. The fraction of sp³-hybridized carbons (Fsp3) is 0.200. The maximum absolute atomic E-state index is 12.3. The van der Waals surface area contributed by atoms with Gasteiger partial charge in [-0.15, -0.1) is 0 Å². The van der Waals surface area contributed by atoms with Crippen LogP contribution in [0.2, 0.25) is 0 Å². The highest BCUT2D eigenvalue weighted by molar-refractivity contribution is 5.90. The Morgan fingerprint density at radius 2 is 1.84 bits per heavy atom. The summed E-state index contributed by atoms with van der Waals surface area (Å²) in [7, 11) is 0.